The number of ether oxygens (including phenoxy) is 2. The van der Waals surface area contributed by atoms with Crippen LogP contribution in [0, 0.1) is 0 Å². The number of para-hydroxylation sites is 1. The van der Waals surface area contributed by atoms with Gasteiger partial charge in [0.05, 0.1) is 18.9 Å². The van der Waals surface area contributed by atoms with Gasteiger partial charge in [0.25, 0.3) is 11.8 Å². The molecule has 0 spiro atoms. The zero-order chi connectivity index (χ0) is 17.4. The number of hydrogen-bond acceptors (Lipinski definition) is 5. The van der Waals surface area contributed by atoms with E-state index in [0.29, 0.717) is 0 Å². The summed E-state index contributed by atoms with van der Waals surface area (Å²) in [5.41, 5.74) is 8.59. The molecule has 0 unspecified atom stereocenters. The summed E-state index contributed by atoms with van der Waals surface area (Å²) in [6, 6.07) is 13.6. The molecule has 2 rings (SSSR count). The maximum absolute atomic E-state index is 11.7. The van der Waals surface area contributed by atoms with Crippen LogP contribution < -0.4 is 20.6 Å². The molecule has 0 bridgehead atoms. The average molecular weight is 327 g/mol. The summed E-state index contributed by atoms with van der Waals surface area (Å²) < 4.78 is 10.3. The molecule has 0 saturated carbocycles. The van der Waals surface area contributed by atoms with Crippen molar-refractivity contribution in [3.63, 3.8) is 0 Å². The Balaban J connectivity index is 1.85. The third-order valence-corrected chi connectivity index (χ3v) is 3.03. The van der Waals surface area contributed by atoms with Crippen molar-refractivity contribution in [1.29, 1.82) is 0 Å². The number of amides is 2. The van der Waals surface area contributed by atoms with Crippen molar-refractivity contribution in [1.82, 2.24) is 5.43 Å². The number of nitrogens with zero attached hydrogens (tertiary/aromatic N) is 1. The number of nitrogens with one attached hydrogen (secondary N) is 1. The van der Waals surface area contributed by atoms with Gasteiger partial charge in [0, 0.05) is 0 Å². The van der Waals surface area contributed by atoms with Crippen molar-refractivity contribution in [3.8, 4) is 11.5 Å². The predicted molar refractivity (Wildman–Crippen MR) is 89.2 cm³/mol. The van der Waals surface area contributed by atoms with Crippen LogP contribution in [-0.4, -0.2) is 31.7 Å². The molecule has 2 aromatic carbocycles. The van der Waals surface area contributed by atoms with Gasteiger partial charge in [0.1, 0.15) is 11.5 Å². The van der Waals surface area contributed by atoms with E-state index in [1.165, 1.54) is 12.3 Å². The van der Waals surface area contributed by atoms with Gasteiger partial charge in [-0.15, -0.1) is 0 Å². The van der Waals surface area contributed by atoms with Crippen LogP contribution in [0.5, 0.6) is 11.5 Å². The SMILES string of the molecule is COc1ccc(C=NNC(=O)COc2ccccc2C(N)=O)cc1. The molecule has 0 atom stereocenters. The van der Waals surface area contributed by atoms with Crippen LogP contribution in [0.25, 0.3) is 0 Å². The summed E-state index contributed by atoms with van der Waals surface area (Å²) in [5.74, 6) is -0.0976. The van der Waals surface area contributed by atoms with E-state index in [1.54, 1.807) is 49.6 Å². The van der Waals surface area contributed by atoms with Crippen LogP contribution in [0.1, 0.15) is 15.9 Å². The Kier molecular flexibility index (Phi) is 5.90. The molecule has 24 heavy (non-hydrogen) atoms. The van der Waals surface area contributed by atoms with E-state index < -0.39 is 11.8 Å². The number of hydrazone groups is 1. The van der Waals surface area contributed by atoms with Crippen LogP contribution in [0.4, 0.5) is 0 Å². The molecule has 0 radical (unpaired) electrons. The monoisotopic (exact) mass is 327 g/mol. The summed E-state index contributed by atoms with van der Waals surface area (Å²) in [6.45, 7) is -0.287. The van der Waals surface area contributed by atoms with E-state index in [2.05, 4.69) is 10.5 Å². The summed E-state index contributed by atoms with van der Waals surface area (Å²) in [5, 5.41) is 3.83. The quantitative estimate of drug-likeness (QED) is 0.591. The first-order valence-electron chi connectivity index (χ1n) is 7.07. The Morgan fingerprint density at radius 1 is 1.17 bits per heavy atom. The highest BCUT2D eigenvalue weighted by molar-refractivity contribution is 5.95. The lowest BCUT2D eigenvalue weighted by Crippen LogP contribution is -2.25. The first-order valence-corrected chi connectivity index (χ1v) is 7.07. The third-order valence-electron chi connectivity index (χ3n) is 3.03. The fraction of sp³-hybridized carbons (Fsp3) is 0.118. The van der Waals surface area contributed by atoms with Crippen molar-refractivity contribution < 1.29 is 19.1 Å². The first kappa shape index (κ1) is 17.0. The molecule has 7 heteroatoms. The van der Waals surface area contributed by atoms with Crippen LogP contribution in [0.3, 0.4) is 0 Å². The molecule has 0 aliphatic carbocycles. The molecule has 0 aromatic heterocycles. The highest BCUT2D eigenvalue weighted by Gasteiger charge is 2.09. The smallest absolute Gasteiger partial charge is 0.277 e. The number of nitrogens with two attached hydrogens (primary N) is 1. The van der Waals surface area contributed by atoms with E-state index in [4.69, 9.17) is 15.2 Å². The van der Waals surface area contributed by atoms with Crippen molar-refractivity contribution >= 4 is 18.0 Å². The number of primary amides is 1. The molecular weight excluding hydrogens is 310 g/mol. The number of methoxy groups -OCH3 is 1. The fourth-order valence-corrected chi connectivity index (χ4v) is 1.84. The lowest BCUT2D eigenvalue weighted by molar-refractivity contribution is -0.123. The molecule has 2 aromatic rings. The number of benzene rings is 2. The van der Waals surface area contributed by atoms with Crippen molar-refractivity contribution in [2.45, 2.75) is 0 Å². The Labute approximate surface area is 139 Å². The second-order valence-corrected chi connectivity index (χ2v) is 4.72. The molecule has 0 heterocycles. The van der Waals surface area contributed by atoms with Crippen LogP contribution in [0.15, 0.2) is 53.6 Å². The minimum absolute atomic E-state index is 0.215. The van der Waals surface area contributed by atoms with Gasteiger partial charge < -0.3 is 15.2 Å². The maximum atomic E-state index is 11.7. The fourth-order valence-electron chi connectivity index (χ4n) is 1.84. The van der Waals surface area contributed by atoms with Crippen molar-refractivity contribution in [2.75, 3.05) is 13.7 Å². The molecule has 2 amide bonds. The van der Waals surface area contributed by atoms with Gasteiger partial charge in [-0.3, -0.25) is 9.59 Å². The molecular formula is C17H17N3O4. The maximum Gasteiger partial charge on any atom is 0.277 e. The summed E-state index contributed by atoms with van der Waals surface area (Å²) >= 11 is 0. The first-order chi connectivity index (χ1) is 11.6. The molecule has 3 N–H and O–H groups in total. The summed E-state index contributed by atoms with van der Waals surface area (Å²) in [4.78, 5) is 23.0. The van der Waals surface area contributed by atoms with Gasteiger partial charge in [0.15, 0.2) is 6.61 Å². The summed E-state index contributed by atoms with van der Waals surface area (Å²) in [7, 11) is 1.58. The zero-order valence-electron chi connectivity index (χ0n) is 13.1. The van der Waals surface area contributed by atoms with E-state index >= 15 is 0 Å². The van der Waals surface area contributed by atoms with E-state index in [-0.39, 0.29) is 17.9 Å². The number of rotatable bonds is 7. The minimum Gasteiger partial charge on any atom is -0.497 e. The van der Waals surface area contributed by atoms with Crippen LogP contribution in [-0.2, 0) is 4.79 Å². The number of hydrogen-bond donors (Lipinski definition) is 2. The van der Waals surface area contributed by atoms with E-state index in [0.717, 1.165) is 11.3 Å². The van der Waals surface area contributed by atoms with E-state index in [1.807, 2.05) is 0 Å². The Morgan fingerprint density at radius 3 is 2.54 bits per heavy atom. The van der Waals surface area contributed by atoms with Crippen molar-refractivity contribution in [3.05, 3.63) is 59.7 Å². The highest BCUT2D eigenvalue weighted by Crippen LogP contribution is 2.16. The molecule has 124 valence electrons. The molecule has 0 aliphatic heterocycles. The lowest BCUT2D eigenvalue weighted by atomic mass is 10.2. The summed E-state index contributed by atoms with van der Waals surface area (Å²) in [6.07, 6.45) is 1.49. The van der Waals surface area contributed by atoms with Gasteiger partial charge in [0.2, 0.25) is 0 Å². The van der Waals surface area contributed by atoms with E-state index in [9.17, 15) is 9.59 Å². The molecule has 0 fully saturated rings. The van der Waals surface area contributed by atoms with Crippen molar-refractivity contribution in [2.24, 2.45) is 10.8 Å². The topological polar surface area (TPSA) is 103 Å². The van der Waals surface area contributed by atoms with Gasteiger partial charge in [-0.2, -0.15) is 5.10 Å². The predicted octanol–water partition coefficient (Wildman–Crippen LogP) is 1.32. The Bertz CT molecular complexity index is 742. The second-order valence-electron chi connectivity index (χ2n) is 4.72. The lowest BCUT2D eigenvalue weighted by Gasteiger charge is -2.08. The normalized spacial score (nSPS) is 10.4. The molecule has 7 nitrogen and oxygen atoms in total. The second kappa shape index (κ2) is 8.33. The largest absolute Gasteiger partial charge is 0.497 e. The van der Waals surface area contributed by atoms with Gasteiger partial charge in [-0.05, 0) is 42.0 Å². The number of carbonyl (C=O) groups excluding carboxylic acids is 2. The Morgan fingerprint density at radius 2 is 1.88 bits per heavy atom. The van der Waals surface area contributed by atoms with Crippen LogP contribution >= 0.6 is 0 Å². The third kappa shape index (κ3) is 4.84. The van der Waals surface area contributed by atoms with Gasteiger partial charge in [-0.1, -0.05) is 12.1 Å². The minimum atomic E-state index is -0.622. The highest BCUT2D eigenvalue weighted by atomic mass is 16.5. The average Bonchev–Trinajstić information content (AvgIpc) is 2.60. The van der Waals surface area contributed by atoms with Gasteiger partial charge >= 0.3 is 0 Å². The standard InChI is InChI=1S/C17H17N3O4/c1-23-13-8-6-12(7-9-13)10-19-20-16(21)11-24-15-5-3-2-4-14(15)17(18)22/h2-10H,11H2,1H3,(H2,18,22)(H,20,21). The van der Waals surface area contributed by atoms with Gasteiger partial charge in [-0.25, -0.2) is 5.43 Å². The van der Waals surface area contributed by atoms with Crippen LogP contribution in [0.2, 0.25) is 0 Å². The molecule has 0 saturated heterocycles. The number of carbonyl (C=O) groups is 2. The molecule has 0 aliphatic rings. The Hall–Kier alpha value is -3.35. The zero-order valence-corrected chi connectivity index (χ0v) is 13.1.